The molecule has 0 rings (SSSR count). The van der Waals surface area contributed by atoms with Gasteiger partial charge in [-0.2, -0.15) is 0 Å². The van der Waals surface area contributed by atoms with E-state index in [2.05, 4.69) is 0 Å². The molecule has 0 aliphatic rings. The average Bonchev–Trinajstić information content (AvgIpc) is 1.00. The zero-order valence-corrected chi connectivity index (χ0v) is 8.84. The van der Waals surface area contributed by atoms with Crippen LogP contribution in [0, 0.1) is 4.91 Å². The molecule has 0 saturated carbocycles. The Hall–Kier alpha value is 1.66. The molecule has 0 heterocycles. The van der Waals surface area contributed by atoms with E-state index in [0.717, 1.165) is 0 Å². The summed E-state index contributed by atoms with van der Waals surface area (Å²) in [5, 5.41) is 0. The van der Waals surface area contributed by atoms with Crippen molar-refractivity contribution in [2.24, 2.45) is 0 Å². The Labute approximate surface area is 80.3 Å². The van der Waals surface area contributed by atoms with Crippen LogP contribution in [-0.4, -0.2) is 0 Å². The van der Waals surface area contributed by atoms with Crippen molar-refractivity contribution in [3.63, 3.8) is 0 Å². The number of halogens is 3. The molecule has 0 amide bonds. The summed E-state index contributed by atoms with van der Waals surface area (Å²) < 4.78 is 0. The number of hydrogen-bond acceptors (Lipinski definition) is 1. The first-order valence-electron chi connectivity index (χ1n) is 0.183. The predicted molar refractivity (Wildman–Crippen MR) is 6.73 cm³/mol. The Bertz CT molecular complexity index is 10.8. The fourth-order valence-electron chi connectivity index (χ4n) is 0. The van der Waals surface area contributed by atoms with Crippen molar-refractivity contribution < 1.29 is 70.4 Å². The Kier molecular flexibility index (Phi) is 618. The summed E-state index contributed by atoms with van der Waals surface area (Å²) in [7, 11) is 0. The smallest absolute Gasteiger partial charge is 1.00 e. The van der Waals surface area contributed by atoms with E-state index in [-0.39, 0.29) is 70.4 Å². The van der Waals surface area contributed by atoms with Crippen molar-refractivity contribution >= 4 is 0 Å². The summed E-state index contributed by atoms with van der Waals surface area (Å²) in [5.41, 5.74) is 5.75. The van der Waals surface area contributed by atoms with Crippen molar-refractivity contribution in [2.75, 3.05) is 0 Å². The van der Waals surface area contributed by atoms with Gasteiger partial charge in [-0.25, -0.2) is 0 Å². The summed E-state index contributed by atoms with van der Waals surface area (Å²) >= 11 is 0. The van der Waals surface area contributed by atoms with E-state index < -0.39 is 0 Å². The molecule has 0 spiro atoms. The number of nitroso groups, excluding NO2 is 1. The van der Waals surface area contributed by atoms with Crippen LogP contribution in [-0.2, 0) is 19.5 Å². The largest absolute Gasteiger partial charge is 4.00 e. The van der Waals surface area contributed by atoms with Gasteiger partial charge < -0.3 is 61.4 Å². The maximum atomic E-state index is 7.25. The van der Waals surface area contributed by atoms with Gasteiger partial charge >= 0.3 is 19.5 Å². The summed E-state index contributed by atoms with van der Waals surface area (Å²) in [6, 6.07) is 0. The molecule has 0 N–H and O–H groups in total. The summed E-state index contributed by atoms with van der Waals surface area (Å²) in [6.07, 6.45) is 0. The molecule has 0 saturated heterocycles. The van der Waals surface area contributed by atoms with Crippen molar-refractivity contribution in [3.05, 3.63) is 10.5 Å². The molecule has 0 aromatic rings. The van der Waals surface area contributed by atoms with Crippen LogP contribution in [0.3, 0.4) is 0 Å². The van der Waals surface area contributed by atoms with E-state index in [4.69, 9.17) is 10.5 Å². The van der Waals surface area contributed by atoms with Crippen LogP contribution in [0.4, 0.5) is 0 Å². The molecule has 0 bridgehead atoms. The molecule has 6 heavy (non-hydrogen) atoms. The molecule has 0 aromatic heterocycles. The third-order valence-electron chi connectivity index (χ3n) is 0. The van der Waals surface area contributed by atoms with E-state index in [0.29, 0.717) is 0 Å². The minimum atomic E-state index is 0. The van der Waals surface area contributed by atoms with Crippen molar-refractivity contribution in [2.45, 2.75) is 0 Å². The molecule has 0 unspecified atom stereocenters. The van der Waals surface area contributed by atoms with E-state index in [9.17, 15) is 0 Å². The van der Waals surface area contributed by atoms with E-state index in [1.807, 2.05) is 0 Å². The van der Waals surface area contributed by atoms with Crippen LogP contribution >= 0.6 is 0 Å². The Morgan fingerprint density at radius 1 is 0.833 bits per heavy atom. The van der Waals surface area contributed by atoms with Gasteiger partial charge in [0, 0.05) is 0 Å². The first-order chi connectivity index (χ1) is 1.00. The molecule has 0 radical (unpaired) electrons. The zero-order valence-electron chi connectivity index (χ0n) is 2.34. The van der Waals surface area contributed by atoms with E-state index >= 15 is 0 Å². The quantitative estimate of drug-likeness (QED) is 0.390. The van der Waals surface area contributed by atoms with Gasteiger partial charge in [0.2, 0.25) is 0 Å². The molecule has 0 aliphatic carbocycles. The van der Waals surface area contributed by atoms with E-state index in [1.165, 1.54) is 0 Å². The first kappa shape index (κ1) is 48.0. The molecule has 6 heteroatoms. The fourth-order valence-corrected chi connectivity index (χ4v) is 0. The number of hydrogen-bond donors (Lipinski definition) is 0. The van der Waals surface area contributed by atoms with Crippen LogP contribution in [0.1, 0.15) is 0 Å². The summed E-state index contributed by atoms with van der Waals surface area (Å²) in [5.74, 6) is 0. The predicted octanol–water partition coefficient (Wildman–Crippen LogP) is -8.67. The molecule has 2 nitrogen and oxygen atoms in total. The molecule has 0 atom stereocenters. The summed E-state index contributed by atoms with van der Waals surface area (Å²) in [6.45, 7) is 0. The van der Waals surface area contributed by atoms with E-state index in [1.54, 1.807) is 0 Å². The van der Waals surface area contributed by atoms with Crippen LogP contribution in [0.5, 0.6) is 0 Å². The second-order valence-corrected chi connectivity index (χ2v) is 0. The third kappa shape index (κ3) is 44.5. The molecular weight excluding hydrogens is 371 g/mol. The van der Waals surface area contributed by atoms with Crippen LogP contribution in [0.2, 0.25) is 0 Å². The topological polar surface area (TPSA) is 39.4 Å². The molecule has 0 fully saturated rings. The Balaban J connectivity index is -0.000000000833. The molecular formula is Br3NORu. The van der Waals surface area contributed by atoms with Gasteiger partial charge in [0.05, 0.1) is 0 Å². The minimum Gasteiger partial charge on any atom is -1.00 e. The van der Waals surface area contributed by atoms with Gasteiger partial charge in [0.25, 0.3) is 0 Å². The second kappa shape index (κ2) is 77.2. The third-order valence-corrected chi connectivity index (χ3v) is 0. The zero-order chi connectivity index (χ0) is 2.00. The standard InChI is InChI=1S/3BrH.NO.Ru/c;;;1-2;/h3*1H;;/q;;;-1;+4/p-3. The molecule has 40 valence electrons. The SMILES string of the molecule is [Br-].[Br-].[Br-].[N-]=O.[Ru+4]. The average molecular weight is 371 g/mol. The van der Waals surface area contributed by atoms with Gasteiger partial charge in [-0.1, -0.05) is 0 Å². The monoisotopic (exact) mass is 369 g/mol. The maximum Gasteiger partial charge on any atom is 4.00 e. The van der Waals surface area contributed by atoms with Crippen molar-refractivity contribution in [3.8, 4) is 0 Å². The van der Waals surface area contributed by atoms with Gasteiger partial charge in [-0.3, -0.25) is 0 Å². The first-order valence-corrected chi connectivity index (χ1v) is 0.183. The molecule has 0 aliphatic heterocycles. The Morgan fingerprint density at radius 2 is 0.833 bits per heavy atom. The summed E-state index contributed by atoms with van der Waals surface area (Å²) in [4.78, 5) is 7.25. The normalized spacial score (nSPS) is 0.667. The van der Waals surface area contributed by atoms with Gasteiger partial charge in [-0.15, -0.1) is 0 Å². The number of rotatable bonds is 0. The van der Waals surface area contributed by atoms with Gasteiger partial charge in [0.1, 0.15) is 0 Å². The van der Waals surface area contributed by atoms with Crippen LogP contribution < -0.4 is 50.9 Å². The van der Waals surface area contributed by atoms with Gasteiger partial charge in [0.15, 0.2) is 0 Å². The number of nitrogens with zero attached hydrogens (tertiary/aromatic N) is 1. The maximum absolute atomic E-state index is 7.25. The van der Waals surface area contributed by atoms with Crippen molar-refractivity contribution in [1.29, 1.82) is 0 Å². The second-order valence-electron chi connectivity index (χ2n) is 0. The fraction of sp³-hybridized carbons (Fsp3) is 0. The van der Waals surface area contributed by atoms with Gasteiger partial charge in [-0.05, 0) is 0 Å². The molecule has 0 aromatic carbocycles. The minimum absolute atomic E-state index is 0. The van der Waals surface area contributed by atoms with Crippen molar-refractivity contribution in [1.82, 2.24) is 0 Å². The van der Waals surface area contributed by atoms with Crippen LogP contribution in [0.25, 0.3) is 5.59 Å². The Morgan fingerprint density at radius 3 is 0.833 bits per heavy atom. The van der Waals surface area contributed by atoms with Crippen LogP contribution in [0.15, 0.2) is 0 Å².